The molecular weight excluding hydrogens is 506 g/mol. The van der Waals surface area contributed by atoms with E-state index in [2.05, 4.69) is 32.6 Å². The Bertz CT molecular complexity index is 432. The number of unbranched alkanes of at least 4 members (excludes halogenated alkanes) is 29. The van der Waals surface area contributed by atoms with Gasteiger partial charge >= 0.3 is 0 Å². The van der Waals surface area contributed by atoms with Crippen molar-refractivity contribution in [2.24, 2.45) is 5.92 Å². The molecule has 0 aromatic rings. The fraction of sp³-hybridized carbons (Fsp3) is 1.00. The molecule has 0 unspecified atom stereocenters. The zero-order valence-electron chi connectivity index (χ0n) is 30.5. The molecule has 1 heteroatoms. The third-order valence-electron chi connectivity index (χ3n) is 9.66. The Morgan fingerprint density at radius 3 is 0.738 bits per heavy atom. The number of hydrogen-bond acceptors (Lipinski definition) is 1. The summed E-state index contributed by atoms with van der Waals surface area (Å²) in [5.41, 5.74) is 0. The predicted octanol–water partition coefficient (Wildman–Crippen LogP) is 14.9. The molecule has 0 atom stereocenters. The number of nitrogens with zero attached hydrogens (tertiary/aromatic N) is 1. The van der Waals surface area contributed by atoms with Gasteiger partial charge in [0.2, 0.25) is 0 Å². The summed E-state index contributed by atoms with van der Waals surface area (Å²) in [6.45, 7) is 13.5. The summed E-state index contributed by atoms with van der Waals surface area (Å²) >= 11 is 0. The first kappa shape index (κ1) is 42.0. The highest BCUT2D eigenvalue weighted by Gasteiger charge is 2.05. The summed E-state index contributed by atoms with van der Waals surface area (Å²) in [6.07, 6.45) is 48.1. The second-order valence-electron chi connectivity index (χ2n) is 14.6. The lowest BCUT2D eigenvalue weighted by molar-refractivity contribution is 0.254. The second-order valence-corrected chi connectivity index (χ2v) is 14.6. The summed E-state index contributed by atoms with van der Waals surface area (Å²) in [4.78, 5) is 2.86. The minimum Gasteiger partial charge on any atom is -0.303 e. The van der Waals surface area contributed by atoms with Gasteiger partial charge < -0.3 is 4.90 Å². The summed E-state index contributed by atoms with van der Waals surface area (Å²) in [7, 11) is 0. The van der Waals surface area contributed by atoms with E-state index in [1.165, 1.54) is 232 Å². The topological polar surface area (TPSA) is 3.24 Å². The van der Waals surface area contributed by atoms with Crippen LogP contribution in [-0.2, 0) is 0 Å². The van der Waals surface area contributed by atoms with Crippen molar-refractivity contribution >= 4 is 0 Å². The zero-order chi connectivity index (χ0) is 30.6. The largest absolute Gasteiger partial charge is 0.303 e. The molecule has 0 saturated heterocycles. The molecule has 0 saturated carbocycles. The normalized spacial score (nSPS) is 11.9. The van der Waals surface area contributed by atoms with E-state index >= 15 is 0 Å². The van der Waals surface area contributed by atoms with Crippen molar-refractivity contribution in [3.63, 3.8) is 0 Å². The fourth-order valence-electron chi connectivity index (χ4n) is 6.64. The molecular formula is C41H85N. The van der Waals surface area contributed by atoms with Crippen LogP contribution in [0.4, 0.5) is 0 Å². The van der Waals surface area contributed by atoms with Gasteiger partial charge in [0.25, 0.3) is 0 Å². The Labute approximate surface area is 269 Å². The van der Waals surface area contributed by atoms with Crippen LogP contribution in [0.2, 0.25) is 0 Å². The predicted molar refractivity (Wildman–Crippen MR) is 195 cm³/mol. The van der Waals surface area contributed by atoms with Gasteiger partial charge in [0, 0.05) is 0 Å². The highest BCUT2D eigenvalue weighted by molar-refractivity contribution is 4.61. The van der Waals surface area contributed by atoms with E-state index in [1.54, 1.807) is 0 Å². The molecule has 0 aromatic heterocycles. The van der Waals surface area contributed by atoms with Crippen molar-refractivity contribution in [3.8, 4) is 0 Å². The molecule has 0 rings (SSSR count). The van der Waals surface area contributed by atoms with Gasteiger partial charge in [-0.25, -0.2) is 0 Å². The first-order chi connectivity index (χ1) is 20.7. The minimum absolute atomic E-state index is 0.889. The highest BCUT2D eigenvalue weighted by Crippen LogP contribution is 2.16. The third-order valence-corrected chi connectivity index (χ3v) is 9.66. The number of hydrogen-bond donors (Lipinski definition) is 0. The van der Waals surface area contributed by atoms with Crippen LogP contribution in [0.5, 0.6) is 0 Å². The van der Waals surface area contributed by atoms with Crippen LogP contribution in [0.15, 0.2) is 0 Å². The molecule has 0 aliphatic rings. The second kappa shape index (κ2) is 37.1. The molecule has 0 amide bonds. The molecule has 0 spiro atoms. The third kappa shape index (κ3) is 36.2. The van der Waals surface area contributed by atoms with E-state index < -0.39 is 0 Å². The van der Waals surface area contributed by atoms with Crippen LogP contribution < -0.4 is 0 Å². The molecule has 0 aromatic carbocycles. The summed E-state index contributed by atoms with van der Waals surface area (Å²) in [5.74, 6) is 0.889. The summed E-state index contributed by atoms with van der Waals surface area (Å²) < 4.78 is 0. The Hall–Kier alpha value is -0.0400. The first-order valence-electron chi connectivity index (χ1n) is 20.4. The molecule has 1 nitrogen and oxygen atoms in total. The Kier molecular flexibility index (Phi) is 37.1. The lowest BCUT2D eigenvalue weighted by Gasteiger charge is -2.22. The highest BCUT2D eigenvalue weighted by atomic mass is 15.1. The Balaban J connectivity index is 3.90. The van der Waals surface area contributed by atoms with E-state index in [0.29, 0.717) is 0 Å². The maximum Gasteiger partial charge on any atom is -0.00187 e. The fourth-order valence-corrected chi connectivity index (χ4v) is 6.64. The first-order valence-corrected chi connectivity index (χ1v) is 20.4. The lowest BCUT2D eigenvalue weighted by atomic mass is 10.0. The van der Waals surface area contributed by atoms with Crippen molar-refractivity contribution < 1.29 is 0 Å². The average molecular weight is 592 g/mol. The molecule has 254 valence electrons. The lowest BCUT2D eigenvalue weighted by Crippen LogP contribution is -2.27. The van der Waals surface area contributed by atoms with E-state index in [9.17, 15) is 0 Å². The van der Waals surface area contributed by atoms with Gasteiger partial charge in [-0.2, -0.15) is 0 Å². The molecule has 0 N–H and O–H groups in total. The van der Waals surface area contributed by atoms with E-state index in [-0.39, 0.29) is 0 Å². The number of rotatable bonds is 37. The van der Waals surface area contributed by atoms with Crippen LogP contribution >= 0.6 is 0 Å². The molecule has 0 bridgehead atoms. The smallest absolute Gasteiger partial charge is 0.00187 e. The van der Waals surface area contributed by atoms with Gasteiger partial charge in [-0.15, -0.1) is 0 Å². The van der Waals surface area contributed by atoms with Gasteiger partial charge in [0.15, 0.2) is 0 Å². The minimum atomic E-state index is 0.889. The molecule has 0 fully saturated rings. The standard InChI is InChI=1S/C41H85N/c1-5-7-9-11-13-15-18-22-26-30-34-38-42(39-35-31-27-23-19-16-14-12-10-8-6-2)40-36-32-28-24-20-17-21-25-29-33-37-41(3)4/h41H,5-40H2,1-4H3. The summed E-state index contributed by atoms with van der Waals surface area (Å²) in [6, 6.07) is 0. The van der Waals surface area contributed by atoms with Gasteiger partial charge in [0.1, 0.15) is 0 Å². The zero-order valence-corrected chi connectivity index (χ0v) is 30.5. The van der Waals surface area contributed by atoms with Crippen LogP contribution in [0.25, 0.3) is 0 Å². The van der Waals surface area contributed by atoms with Crippen molar-refractivity contribution in [1.29, 1.82) is 0 Å². The molecule has 42 heavy (non-hydrogen) atoms. The van der Waals surface area contributed by atoms with Gasteiger partial charge in [-0.05, 0) is 44.8 Å². The van der Waals surface area contributed by atoms with Crippen LogP contribution in [-0.4, -0.2) is 24.5 Å². The van der Waals surface area contributed by atoms with Crippen molar-refractivity contribution in [1.82, 2.24) is 4.90 Å². The van der Waals surface area contributed by atoms with Gasteiger partial charge in [-0.3, -0.25) is 0 Å². The van der Waals surface area contributed by atoms with Crippen molar-refractivity contribution in [3.05, 3.63) is 0 Å². The molecule has 0 heterocycles. The van der Waals surface area contributed by atoms with Crippen LogP contribution in [0.3, 0.4) is 0 Å². The Morgan fingerprint density at radius 2 is 0.500 bits per heavy atom. The molecule has 0 aliphatic heterocycles. The van der Waals surface area contributed by atoms with E-state index in [1.807, 2.05) is 0 Å². The van der Waals surface area contributed by atoms with Crippen LogP contribution in [0.1, 0.15) is 240 Å². The van der Waals surface area contributed by atoms with Gasteiger partial charge in [-0.1, -0.05) is 220 Å². The molecule has 0 radical (unpaired) electrons. The average Bonchev–Trinajstić information content (AvgIpc) is 2.98. The quantitative estimate of drug-likeness (QED) is 0.0649. The monoisotopic (exact) mass is 592 g/mol. The van der Waals surface area contributed by atoms with Gasteiger partial charge in [0.05, 0.1) is 0 Å². The van der Waals surface area contributed by atoms with E-state index in [4.69, 9.17) is 0 Å². The maximum atomic E-state index is 2.86. The van der Waals surface area contributed by atoms with Crippen molar-refractivity contribution in [2.45, 2.75) is 240 Å². The van der Waals surface area contributed by atoms with Crippen molar-refractivity contribution in [2.75, 3.05) is 19.6 Å². The maximum absolute atomic E-state index is 2.86. The summed E-state index contributed by atoms with van der Waals surface area (Å²) in [5, 5.41) is 0. The SMILES string of the molecule is CCCCCCCCCCCCCN(CCCCCCCCCCCCC)CCCCCCCCCCCCC(C)C. The molecule has 0 aliphatic carbocycles. The van der Waals surface area contributed by atoms with E-state index in [0.717, 1.165) is 5.92 Å². The van der Waals surface area contributed by atoms with Crippen LogP contribution in [0, 0.1) is 5.92 Å². The Morgan fingerprint density at radius 1 is 0.286 bits per heavy atom.